The van der Waals surface area contributed by atoms with Crippen molar-refractivity contribution in [2.45, 2.75) is 32.1 Å². The molecule has 1 heterocycles. The van der Waals surface area contributed by atoms with Gasteiger partial charge in [0.25, 0.3) is 0 Å². The molecule has 1 aromatic rings. The van der Waals surface area contributed by atoms with Gasteiger partial charge in [-0.2, -0.15) is 0 Å². The summed E-state index contributed by atoms with van der Waals surface area (Å²) in [6.45, 7) is 4.56. The average Bonchev–Trinajstić information content (AvgIpc) is 2.64. The van der Waals surface area contributed by atoms with E-state index in [1.54, 1.807) is 5.56 Å². The number of thiophene rings is 1. The summed E-state index contributed by atoms with van der Waals surface area (Å²) < 4.78 is 0. The molecule has 0 aromatic carbocycles. The largest absolute Gasteiger partial charge is 0.144 e. The van der Waals surface area contributed by atoms with Crippen LogP contribution >= 0.6 is 11.3 Å². The van der Waals surface area contributed by atoms with Crippen LogP contribution in [0.2, 0.25) is 0 Å². The van der Waals surface area contributed by atoms with Gasteiger partial charge in [-0.1, -0.05) is 19.9 Å². The number of hydrogen-bond donors (Lipinski definition) is 0. The van der Waals surface area contributed by atoms with Gasteiger partial charge in [0.05, 0.1) is 0 Å². The molecule has 0 radical (unpaired) electrons. The number of fused-ring (bicyclic) bond motifs is 1. The minimum absolute atomic E-state index is 0.370. The minimum Gasteiger partial charge on any atom is -0.144 e. The molecule has 0 nitrogen and oxygen atoms in total. The van der Waals surface area contributed by atoms with Crippen LogP contribution in [0.25, 0.3) is 6.08 Å². The first-order valence-corrected chi connectivity index (χ1v) is 5.47. The van der Waals surface area contributed by atoms with E-state index in [0.29, 0.717) is 5.41 Å². The molecule has 0 spiro atoms. The van der Waals surface area contributed by atoms with Gasteiger partial charge in [-0.3, -0.25) is 0 Å². The van der Waals surface area contributed by atoms with Crippen LogP contribution < -0.4 is 0 Å². The quantitative estimate of drug-likeness (QED) is 0.645. The van der Waals surface area contributed by atoms with Crippen molar-refractivity contribution in [3.63, 3.8) is 0 Å². The molecule has 1 aliphatic rings. The summed E-state index contributed by atoms with van der Waals surface area (Å²) in [5.74, 6) is 0. The summed E-state index contributed by atoms with van der Waals surface area (Å²) in [6, 6.07) is 2.28. The summed E-state index contributed by atoms with van der Waals surface area (Å²) >= 11 is 1.86. The molecule has 0 atom stereocenters. The maximum atomic E-state index is 2.38. The van der Waals surface area contributed by atoms with E-state index < -0.39 is 0 Å². The summed E-state index contributed by atoms with van der Waals surface area (Å²) in [6.07, 6.45) is 7.12. The zero-order valence-electron chi connectivity index (χ0n) is 7.63. The first-order valence-electron chi connectivity index (χ1n) is 4.59. The Bertz CT molecular complexity index is 303. The predicted molar refractivity (Wildman–Crippen MR) is 55.6 cm³/mol. The summed E-state index contributed by atoms with van der Waals surface area (Å²) in [7, 11) is 0. The molecule has 2 rings (SSSR count). The maximum Gasteiger partial charge on any atom is 0.0308 e. The molecular weight excluding hydrogens is 164 g/mol. The molecule has 12 heavy (non-hydrogen) atoms. The zero-order valence-corrected chi connectivity index (χ0v) is 8.45. The van der Waals surface area contributed by atoms with Crippen molar-refractivity contribution < 1.29 is 0 Å². The predicted octanol–water partition coefficient (Wildman–Crippen LogP) is 3.83. The van der Waals surface area contributed by atoms with E-state index in [0.717, 1.165) is 0 Å². The average molecular weight is 178 g/mol. The first kappa shape index (κ1) is 8.06. The molecule has 1 heteroatoms. The Morgan fingerprint density at radius 2 is 2.08 bits per heavy atom. The van der Waals surface area contributed by atoms with Crippen LogP contribution in [-0.4, -0.2) is 0 Å². The number of rotatable bonds is 2. The van der Waals surface area contributed by atoms with E-state index >= 15 is 0 Å². The Labute approximate surface area is 77.9 Å². The summed E-state index contributed by atoms with van der Waals surface area (Å²) in [5, 5.41) is 2.20. The lowest BCUT2D eigenvalue weighted by Gasteiger charge is -2.24. The molecular formula is C11H14S. The molecule has 1 aliphatic carbocycles. The molecule has 0 unspecified atom stereocenters. The Balaban J connectivity index is 2.50. The van der Waals surface area contributed by atoms with Crippen molar-refractivity contribution in [3.05, 3.63) is 28.0 Å². The molecule has 0 saturated heterocycles. The molecule has 1 aromatic heterocycles. The van der Waals surface area contributed by atoms with E-state index in [9.17, 15) is 0 Å². The van der Waals surface area contributed by atoms with Crippen molar-refractivity contribution in [1.82, 2.24) is 0 Å². The SMILES string of the molecule is CCC1(CC)C=Cc2sccc21. The fourth-order valence-corrected chi connectivity index (χ4v) is 2.95. The van der Waals surface area contributed by atoms with Gasteiger partial charge in [0.2, 0.25) is 0 Å². The number of hydrogen-bond acceptors (Lipinski definition) is 1. The normalized spacial score (nSPS) is 18.2. The summed E-state index contributed by atoms with van der Waals surface area (Å²) in [5.41, 5.74) is 1.92. The lowest BCUT2D eigenvalue weighted by molar-refractivity contribution is 0.507. The lowest BCUT2D eigenvalue weighted by Crippen LogP contribution is -2.18. The molecule has 64 valence electrons. The smallest absolute Gasteiger partial charge is 0.0308 e. The molecule has 0 saturated carbocycles. The van der Waals surface area contributed by atoms with Gasteiger partial charge in [-0.05, 0) is 35.9 Å². The number of allylic oxidation sites excluding steroid dienone is 1. The van der Waals surface area contributed by atoms with Gasteiger partial charge in [0.1, 0.15) is 0 Å². The highest BCUT2D eigenvalue weighted by molar-refractivity contribution is 7.11. The fourth-order valence-electron chi connectivity index (χ4n) is 2.05. The molecule has 0 amide bonds. The molecule has 0 N–H and O–H groups in total. The van der Waals surface area contributed by atoms with E-state index in [2.05, 4.69) is 37.4 Å². The molecule has 0 bridgehead atoms. The van der Waals surface area contributed by atoms with Crippen LogP contribution in [-0.2, 0) is 5.41 Å². The second-order valence-electron chi connectivity index (χ2n) is 3.40. The van der Waals surface area contributed by atoms with Crippen molar-refractivity contribution >= 4 is 17.4 Å². The third-order valence-electron chi connectivity index (χ3n) is 3.05. The Kier molecular flexibility index (Phi) is 1.84. The Morgan fingerprint density at radius 1 is 1.33 bits per heavy atom. The highest BCUT2D eigenvalue weighted by Gasteiger charge is 2.31. The van der Waals surface area contributed by atoms with E-state index in [-0.39, 0.29) is 0 Å². The van der Waals surface area contributed by atoms with Crippen LogP contribution in [0.5, 0.6) is 0 Å². The topological polar surface area (TPSA) is 0 Å². The Hall–Kier alpha value is -0.560. The van der Waals surface area contributed by atoms with Crippen molar-refractivity contribution in [3.8, 4) is 0 Å². The second-order valence-corrected chi connectivity index (χ2v) is 4.34. The standard InChI is InChI=1S/C11H14S/c1-3-11(4-2)7-5-10-9(11)6-8-12-10/h5-8H,3-4H2,1-2H3. The maximum absolute atomic E-state index is 2.38. The van der Waals surface area contributed by atoms with Gasteiger partial charge in [0.15, 0.2) is 0 Å². The zero-order chi connectivity index (χ0) is 8.60. The van der Waals surface area contributed by atoms with Crippen molar-refractivity contribution in [2.75, 3.05) is 0 Å². The van der Waals surface area contributed by atoms with Gasteiger partial charge >= 0.3 is 0 Å². The van der Waals surface area contributed by atoms with Gasteiger partial charge in [-0.15, -0.1) is 11.3 Å². The van der Waals surface area contributed by atoms with Gasteiger partial charge in [0, 0.05) is 10.3 Å². The first-order chi connectivity index (χ1) is 5.82. The third kappa shape index (κ3) is 0.893. The van der Waals surface area contributed by atoms with Crippen LogP contribution in [0.3, 0.4) is 0 Å². The van der Waals surface area contributed by atoms with E-state index in [4.69, 9.17) is 0 Å². The van der Waals surface area contributed by atoms with E-state index in [1.807, 2.05) is 11.3 Å². The highest BCUT2D eigenvalue weighted by Crippen LogP contribution is 2.43. The van der Waals surface area contributed by atoms with Crippen molar-refractivity contribution in [1.29, 1.82) is 0 Å². The van der Waals surface area contributed by atoms with E-state index in [1.165, 1.54) is 17.7 Å². The molecule has 0 fully saturated rings. The third-order valence-corrected chi connectivity index (χ3v) is 3.93. The van der Waals surface area contributed by atoms with Crippen LogP contribution in [0, 0.1) is 0 Å². The Morgan fingerprint density at radius 3 is 2.75 bits per heavy atom. The second kappa shape index (κ2) is 2.74. The fraction of sp³-hybridized carbons (Fsp3) is 0.455. The van der Waals surface area contributed by atoms with Crippen molar-refractivity contribution in [2.24, 2.45) is 0 Å². The lowest BCUT2D eigenvalue weighted by atomic mass is 9.79. The van der Waals surface area contributed by atoms with Crippen LogP contribution in [0.15, 0.2) is 17.5 Å². The van der Waals surface area contributed by atoms with Gasteiger partial charge in [-0.25, -0.2) is 0 Å². The molecule has 0 aliphatic heterocycles. The highest BCUT2D eigenvalue weighted by atomic mass is 32.1. The van der Waals surface area contributed by atoms with Crippen LogP contribution in [0.1, 0.15) is 37.1 Å². The monoisotopic (exact) mass is 178 g/mol. The minimum atomic E-state index is 0.370. The summed E-state index contributed by atoms with van der Waals surface area (Å²) in [4.78, 5) is 1.47. The van der Waals surface area contributed by atoms with Gasteiger partial charge < -0.3 is 0 Å². The van der Waals surface area contributed by atoms with Crippen LogP contribution in [0.4, 0.5) is 0 Å².